The molecule has 4 aromatic rings. The summed E-state index contributed by atoms with van der Waals surface area (Å²) in [5, 5.41) is 9.81. The molecule has 0 unspecified atom stereocenters. The summed E-state index contributed by atoms with van der Waals surface area (Å²) in [7, 11) is 0. The number of carbonyl (C=O) groups is 1. The largest absolute Gasteiger partial charge is 0.489 e. The lowest BCUT2D eigenvalue weighted by Gasteiger charge is -2.11. The zero-order chi connectivity index (χ0) is 22.9. The van der Waals surface area contributed by atoms with E-state index < -0.39 is 17.7 Å². The third-order valence-corrected chi connectivity index (χ3v) is 5.18. The van der Waals surface area contributed by atoms with Crippen LogP contribution in [0, 0.1) is 6.92 Å². The normalized spacial score (nSPS) is 11.6. The molecule has 8 heteroatoms. The molecule has 2 N–H and O–H groups in total. The average Bonchev–Trinajstić information content (AvgIpc) is 3.13. The Morgan fingerprint density at radius 2 is 1.81 bits per heavy atom. The number of halogens is 3. The van der Waals surface area contributed by atoms with Crippen molar-refractivity contribution >= 4 is 16.9 Å². The monoisotopic (exact) mass is 440 g/mol. The number of nitrogens with zero attached hydrogens (tertiary/aromatic N) is 1. The lowest BCUT2D eigenvalue weighted by molar-refractivity contribution is -0.138. The van der Waals surface area contributed by atoms with Crippen molar-refractivity contribution in [3.63, 3.8) is 0 Å². The molecule has 5 nitrogen and oxygen atoms in total. The van der Waals surface area contributed by atoms with Crippen LogP contribution in [0.5, 0.6) is 5.75 Å². The highest BCUT2D eigenvalue weighted by atomic mass is 19.4. The molecule has 0 aliphatic carbocycles. The predicted octanol–water partition coefficient (Wildman–Crippen LogP) is 5.76. The Kier molecular flexibility index (Phi) is 5.61. The Bertz CT molecular complexity index is 1280. The van der Waals surface area contributed by atoms with Crippen molar-refractivity contribution in [1.29, 1.82) is 0 Å². The summed E-state index contributed by atoms with van der Waals surface area (Å²) in [5.41, 5.74) is 3.54. The van der Waals surface area contributed by atoms with Gasteiger partial charge in [-0.25, -0.2) is 0 Å². The number of hydrogen-bond donors (Lipinski definition) is 2. The lowest BCUT2D eigenvalue weighted by Crippen LogP contribution is -2.04. The molecular formula is C24H19F3N2O3. The number of alkyl halides is 3. The fraction of sp³-hybridized carbons (Fsp3) is 0.167. The molecular weight excluding hydrogens is 421 g/mol. The molecule has 0 radical (unpaired) electrons. The fourth-order valence-corrected chi connectivity index (χ4v) is 3.46. The number of ether oxygens (including phenoxy) is 1. The molecule has 0 saturated heterocycles. The van der Waals surface area contributed by atoms with Gasteiger partial charge in [0, 0.05) is 40.0 Å². The summed E-state index contributed by atoms with van der Waals surface area (Å²) in [6, 6.07) is 13.9. The van der Waals surface area contributed by atoms with Crippen LogP contribution in [0.3, 0.4) is 0 Å². The summed E-state index contributed by atoms with van der Waals surface area (Å²) in [5.74, 6) is -0.276. The van der Waals surface area contributed by atoms with E-state index in [1.54, 1.807) is 24.4 Å². The number of aromatic amines is 1. The number of nitrogens with one attached hydrogen (secondary N) is 1. The number of rotatable bonds is 6. The molecule has 0 aliphatic rings. The average molecular weight is 440 g/mol. The van der Waals surface area contributed by atoms with Gasteiger partial charge in [0.15, 0.2) is 0 Å². The van der Waals surface area contributed by atoms with E-state index in [2.05, 4.69) is 9.97 Å². The van der Waals surface area contributed by atoms with Gasteiger partial charge in [0.1, 0.15) is 12.4 Å². The summed E-state index contributed by atoms with van der Waals surface area (Å²) < 4.78 is 44.1. The zero-order valence-corrected chi connectivity index (χ0v) is 17.0. The number of aryl methyl sites for hydroxylation is 1. The number of hydrogen-bond acceptors (Lipinski definition) is 3. The first kappa shape index (κ1) is 21.4. The molecule has 2 aromatic heterocycles. The summed E-state index contributed by atoms with van der Waals surface area (Å²) in [6.45, 7) is 2.08. The maximum atomic E-state index is 12.7. The van der Waals surface area contributed by atoms with E-state index in [-0.39, 0.29) is 13.0 Å². The lowest BCUT2D eigenvalue weighted by atomic mass is 10.1. The van der Waals surface area contributed by atoms with Gasteiger partial charge < -0.3 is 14.8 Å². The molecule has 2 aromatic carbocycles. The van der Waals surface area contributed by atoms with Crippen LogP contribution in [0.2, 0.25) is 0 Å². The third kappa shape index (κ3) is 4.59. The smallest absolute Gasteiger partial charge is 0.416 e. The van der Waals surface area contributed by atoms with E-state index in [0.717, 1.165) is 28.6 Å². The fourth-order valence-electron chi connectivity index (χ4n) is 3.46. The van der Waals surface area contributed by atoms with Crippen molar-refractivity contribution in [3.8, 4) is 17.0 Å². The van der Waals surface area contributed by atoms with Gasteiger partial charge in [-0.1, -0.05) is 18.2 Å². The number of aliphatic carboxylic acids is 1. The maximum absolute atomic E-state index is 12.7. The minimum atomic E-state index is -4.37. The van der Waals surface area contributed by atoms with Gasteiger partial charge in [-0.05, 0) is 42.8 Å². The van der Waals surface area contributed by atoms with Crippen molar-refractivity contribution in [2.24, 2.45) is 0 Å². The molecule has 2 heterocycles. The SMILES string of the molecule is Cc1nc(-c2ccc(C(F)(F)F)cc2)ccc1COc1ccc2c(CC(=O)O)c[nH]c2c1. The Balaban J connectivity index is 1.47. The maximum Gasteiger partial charge on any atom is 0.416 e. The van der Waals surface area contributed by atoms with Crippen molar-refractivity contribution in [2.75, 3.05) is 0 Å². The summed E-state index contributed by atoms with van der Waals surface area (Å²) in [6.07, 6.45) is -2.75. The number of pyridine rings is 1. The molecule has 0 bridgehead atoms. The second-order valence-corrected chi connectivity index (χ2v) is 7.40. The zero-order valence-electron chi connectivity index (χ0n) is 17.0. The van der Waals surface area contributed by atoms with Crippen LogP contribution in [0.15, 0.2) is 60.8 Å². The van der Waals surface area contributed by atoms with Crippen LogP contribution >= 0.6 is 0 Å². The van der Waals surface area contributed by atoms with E-state index in [1.807, 2.05) is 19.1 Å². The van der Waals surface area contributed by atoms with Crippen molar-refractivity contribution in [1.82, 2.24) is 9.97 Å². The van der Waals surface area contributed by atoms with E-state index in [4.69, 9.17) is 9.84 Å². The number of carboxylic acid groups (broad SMARTS) is 1. The highest BCUT2D eigenvalue weighted by molar-refractivity contribution is 5.87. The minimum Gasteiger partial charge on any atom is -0.489 e. The van der Waals surface area contributed by atoms with E-state index in [0.29, 0.717) is 28.3 Å². The number of aromatic nitrogens is 2. The van der Waals surface area contributed by atoms with Crippen LogP contribution in [-0.4, -0.2) is 21.0 Å². The van der Waals surface area contributed by atoms with Crippen LogP contribution in [-0.2, 0) is 24.0 Å². The molecule has 0 fully saturated rings. The Morgan fingerprint density at radius 1 is 1.06 bits per heavy atom. The van der Waals surface area contributed by atoms with Crippen LogP contribution in [0.1, 0.15) is 22.4 Å². The first-order valence-corrected chi connectivity index (χ1v) is 9.79. The first-order valence-electron chi connectivity index (χ1n) is 9.79. The van der Waals surface area contributed by atoms with Gasteiger partial charge in [-0.3, -0.25) is 9.78 Å². The highest BCUT2D eigenvalue weighted by Crippen LogP contribution is 2.31. The number of benzene rings is 2. The molecule has 164 valence electrons. The predicted molar refractivity (Wildman–Crippen MR) is 113 cm³/mol. The topological polar surface area (TPSA) is 75.2 Å². The van der Waals surface area contributed by atoms with Gasteiger partial charge in [0.05, 0.1) is 17.7 Å². The van der Waals surface area contributed by atoms with Gasteiger partial charge in [-0.2, -0.15) is 13.2 Å². The Hall–Kier alpha value is -3.81. The highest BCUT2D eigenvalue weighted by Gasteiger charge is 2.30. The molecule has 0 aliphatic heterocycles. The van der Waals surface area contributed by atoms with E-state index in [1.165, 1.54) is 12.1 Å². The van der Waals surface area contributed by atoms with Gasteiger partial charge in [-0.15, -0.1) is 0 Å². The molecule has 0 saturated carbocycles. The minimum absolute atomic E-state index is 0.0592. The number of carboxylic acids is 1. The summed E-state index contributed by atoms with van der Waals surface area (Å²) in [4.78, 5) is 18.5. The molecule has 32 heavy (non-hydrogen) atoms. The number of H-pyrrole nitrogens is 1. The first-order chi connectivity index (χ1) is 15.2. The van der Waals surface area contributed by atoms with Gasteiger partial charge >= 0.3 is 12.1 Å². The van der Waals surface area contributed by atoms with Crippen molar-refractivity contribution in [2.45, 2.75) is 26.1 Å². The number of fused-ring (bicyclic) bond motifs is 1. The van der Waals surface area contributed by atoms with Crippen molar-refractivity contribution < 1.29 is 27.8 Å². The van der Waals surface area contributed by atoms with Gasteiger partial charge in [0.25, 0.3) is 0 Å². The van der Waals surface area contributed by atoms with Gasteiger partial charge in [0.2, 0.25) is 0 Å². The Morgan fingerprint density at radius 3 is 2.47 bits per heavy atom. The standard InChI is InChI=1S/C24H19F3N2O3/c1-14-16(4-9-21(29-14)15-2-5-18(6-3-15)24(25,26)27)13-32-19-7-8-20-17(10-23(30)31)12-28-22(20)11-19/h2-9,11-12,28H,10,13H2,1H3,(H,30,31). The molecule has 0 atom stereocenters. The van der Waals surface area contributed by atoms with E-state index in [9.17, 15) is 18.0 Å². The molecule has 4 rings (SSSR count). The van der Waals surface area contributed by atoms with Crippen LogP contribution < -0.4 is 4.74 Å². The van der Waals surface area contributed by atoms with Crippen LogP contribution in [0.4, 0.5) is 13.2 Å². The Labute approximate surface area is 181 Å². The summed E-state index contributed by atoms with van der Waals surface area (Å²) >= 11 is 0. The third-order valence-electron chi connectivity index (χ3n) is 5.18. The second kappa shape index (κ2) is 8.37. The molecule has 0 spiro atoms. The van der Waals surface area contributed by atoms with E-state index >= 15 is 0 Å². The van der Waals surface area contributed by atoms with Crippen molar-refractivity contribution in [3.05, 3.63) is 83.2 Å². The molecule has 0 amide bonds. The quantitative estimate of drug-likeness (QED) is 0.400. The van der Waals surface area contributed by atoms with Crippen LogP contribution in [0.25, 0.3) is 22.2 Å². The second-order valence-electron chi connectivity index (χ2n) is 7.40.